The standard InChI is InChI=1S/C24H30ClNO4S/c1-30-23(27)7-5-6-19-8-10-20(11-9-19)18-24(16-3-2-4-17-24)26-31(28,29)22-14-12-21(25)13-15-22/h8-15,26H,2-7,16-18H2,1H3. The van der Waals surface area contributed by atoms with Gasteiger partial charge in [-0.05, 0) is 67.5 Å². The van der Waals surface area contributed by atoms with Crippen molar-refractivity contribution in [2.75, 3.05) is 7.11 Å². The number of nitrogens with one attached hydrogen (secondary N) is 1. The molecule has 1 N–H and O–H groups in total. The van der Waals surface area contributed by atoms with Gasteiger partial charge in [-0.3, -0.25) is 4.79 Å². The minimum atomic E-state index is -3.64. The molecule has 0 heterocycles. The summed E-state index contributed by atoms with van der Waals surface area (Å²) in [5, 5.41) is 0.512. The van der Waals surface area contributed by atoms with E-state index >= 15 is 0 Å². The molecule has 31 heavy (non-hydrogen) atoms. The number of carbonyl (C=O) groups is 1. The van der Waals surface area contributed by atoms with Crippen LogP contribution in [0.1, 0.15) is 56.1 Å². The summed E-state index contributed by atoms with van der Waals surface area (Å²) >= 11 is 5.92. The molecule has 2 aromatic carbocycles. The van der Waals surface area contributed by atoms with E-state index in [9.17, 15) is 13.2 Å². The molecule has 1 aliphatic rings. The van der Waals surface area contributed by atoms with Gasteiger partial charge in [-0.1, -0.05) is 55.1 Å². The summed E-state index contributed by atoms with van der Waals surface area (Å²) in [6.07, 6.45) is 7.41. The minimum Gasteiger partial charge on any atom is -0.469 e. The van der Waals surface area contributed by atoms with Crippen LogP contribution in [0.3, 0.4) is 0 Å². The van der Waals surface area contributed by atoms with E-state index in [0.717, 1.165) is 56.1 Å². The van der Waals surface area contributed by atoms with Gasteiger partial charge in [-0.25, -0.2) is 13.1 Å². The summed E-state index contributed by atoms with van der Waals surface area (Å²) in [6.45, 7) is 0. The Balaban J connectivity index is 1.70. The van der Waals surface area contributed by atoms with Crippen molar-refractivity contribution in [2.24, 2.45) is 0 Å². The van der Waals surface area contributed by atoms with Crippen molar-refractivity contribution in [2.45, 2.75) is 68.2 Å². The third kappa shape index (κ3) is 6.79. The third-order valence-electron chi connectivity index (χ3n) is 5.92. The molecular weight excluding hydrogens is 434 g/mol. The van der Waals surface area contributed by atoms with Crippen molar-refractivity contribution in [3.05, 3.63) is 64.7 Å². The lowest BCUT2D eigenvalue weighted by Crippen LogP contribution is -2.51. The Morgan fingerprint density at radius 3 is 2.23 bits per heavy atom. The molecule has 5 nitrogen and oxygen atoms in total. The molecule has 0 aromatic heterocycles. The van der Waals surface area contributed by atoms with Crippen molar-refractivity contribution in [3.8, 4) is 0 Å². The molecule has 1 saturated carbocycles. The Morgan fingerprint density at radius 1 is 1.00 bits per heavy atom. The van der Waals surface area contributed by atoms with Crippen molar-refractivity contribution in [1.29, 1.82) is 0 Å². The molecule has 0 unspecified atom stereocenters. The topological polar surface area (TPSA) is 72.5 Å². The van der Waals surface area contributed by atoms with Crippen molar-refractivity contribution in [3.63, 3.8) is 0 Å². The molecule has 0 aliphatic heterocycles. The van der Waals surface area contributed by atoms with Gasteiger partial charge in [0.1, 0.15) is 0 Å². The van der Waals surface area contributed by atoms with Gasteiger partial charge in [-0.15, -0.1) is 0 Å². The van der Waals surface area contributed by atoms with E-state index in [4.69, 9.17) is 11.6 Å². The van der Waals surface area contributed by atoms with E-state index in [1.54, 1.807) is 24.3 Å². The fraction of sp³-hybridized carbons (Fsp3) is 0.458. The monoisotopic (exact) mass is 463 g/mol. The van der Waals surface area contributed by atoms with Crippen LogP contribution >= 0.6 is 11.6 Å². The highest BCUT2D eigenvalue weighted by molar-refractivity contribution is 7.89. The first-order valence-electron chi connectivity index (χ1n) is 10.8. The smallest absolute Gasteiger partial charge is 0.305 e. The molecule has 0 bridgehead atoms. The van der Waals surface area contributed by atoms with Crippen LogP contribution in [0.2, 0.25) is 5.02 Å². The molecular formula is C24H30ClNO4S. The second-order valence-corrected chi connectivity index (χ2v) is 10.4. The number of methoxy groups -OCH3 is 1. The molecule has 7 heteroatoms. The van der Waals surface area contributed by atoms with Gasteiger partial charge in [0.25, 0.3) is 0 Å². The molecule has 0 radical (unpaired) electrons. The van der Waals surface area contributed by atoms with E-state index in [2.05, 4.69) is 33.7 Å². The van der Waals surface area contributed by atoms with Crippen molar-refractivity contribution < 1.29 is 17.9 Å². The second kappa shape index (κ2) is 10.6. The highest BCUT2D eigenvalue weighted by Crippen LogP contribution is 2.33. The summed E-state index contributed by atoms with van der Waals surface area (Å²) < 4.78 is 33.9. The SMILES string of the molecule is COC(=O)CCCc1ccc(CC2(NS(=O)(=O)c3ccc(Cl)cc3)CCCCC2)cc1. The van der Waals surface area contributed by atoms with Gasteiger partial charge in [0.05, 0.1) is 12.0 Å². The minimum absolute atomic E-state index is 0.191. The van der Waals surface area contributed by atoms with E-state index in [1.165, 1.54) is 7.11 Å². The number of halogens is 1. The van der Waals surface area contributed by atoms with E-state index in [0.29, 0.717) is 17.9 Å². The first kappa shape index (κ1) is 23.8. The Bertz CT molecular complexity index is 966. The fourth-order valence-corrected chi connectivity index (χ4v) is 5.84. The van der Waals surface area contributed by atoms with Gasteiger partial charge in [0.2, 0.25) is 10.0 Å². The number of aryl methyl sites for hydroxylation is 1. The molecule has 0 amide bonds. The van der Waals surface area contributed by atoms with Crippen LogP contribution in [0.4, 0.5) is 0 Å². The van der Waals surface area contributed by atoms with Crippen LogP contribution in [0.15, 0.2) is 53.4 Å². The zero-order chi connectivity index (χ0) is 22.3. The largest absolute Gasteiger partial charge is 0.469 e. The van der Waals surface area contributed by atoms with E-state index in [-0.39, 0.29) is 10.9 Å². The quantitative estimate of drug-likeness (QED) is 0.527. The predicted octanol–water partition coefficient (Wildman–Crippen LogP) is 5.06. The van der Waals surface area contributed by atoms with Gasteiger partial charge < -0.3 is 4.74 Å². The predicted molar refractivity (Wildman–Crippen MR) is 123 cm³/mol. The second-order valence-electron chi connectivity index (χ2n) is 8.32. The maximum absolute atomic E-state index is 13.1. The number of ether oxygens (including phenoxy) is 1. The van der Waals surface area contributed by atoms with Gasteiger partial charge in [0, 0.05) is 17.0 Å². The zero-order valence-corrected chi connectivity index (χ0v) is 19.5. The van der Waals surface area contributed by atoms with Crippen LogP contribution in [0.5, 0.6) is 0 Å². The Labute approximate surface area is 190 Å². The average Bonchev–Trinajstić information content (AvgIpc) is 2.75. The molecule has 1 aliphatic carbocycles. The lowest BCUT2D eigenvalue weighted by atomic mass is 9.78. The maximum atomic E-state index is 13.1. The zero-order valence-electron chi connectivity index (χ0n) is 17.9. The summed E-state index contributed by atoms with van der Waals surface area (Å²) in [5.74, 6) is -0.191. The normalized spacial score (nSPS) is 16.1. The fourth-order valence-electron chi connectivity index (χ4n) is 4.25. The lowest BCUT2D eigenvalue weighted by Gasteiger charge is -2.38. The molecule has 2 aromatic rings. The van der Waals surface area contributed by atoms with Crippen LogP contribution in [0, 0.1) is 0 Å². The number of esters is 1. The molecule has 168 valence electrons. The van der Waals surface area contributed by atoms with Gasteiger partial charge in [-0.2, -0.15) is 0 Å². The number of hydrogen-bond donors (Lipinski definition) is 1. The maximum Gasteiger partial charge on any atom is 0.305 e. The Morgan fingerprint density at radius 2 is 1.61 bits per heavy atom. The highest BCUT2D eigenvalue weighted by Gasteiger charge is 2.36. The highest BCUT2D eigenvalue weighted by atomic mass is 35.5. The lowest BCUT2D eigenvalue weighted by molar-refractivity contribution is -0.140. The van der Waals surface area contributed by atoms with Crippen LogP contribution in [-0.2, 0) is 32.4 Å². The van der Waals surface area contributed by atoms with Crippen LogP contribution in [0.25, 0.3) is 0 Å². The number of hydrogen-bond acceptors (Lipinski definition) is 4. The van der Waals surface area contributed by atoms with Crippen LogP contribution < -0.4 is 4.72 Å². The van der Waals surface area contributed by atoms with Crippen molar-refractivity contribution >= 4 is 27.6 Å². The van der Waals surface area contributed by atoms with Crippen LogP contribution in [-0.4, -0.2) is 27.0 Å². The molecule has 1 fully saturated rings. The number of carbonyl (C=O) groups excluding carboxylic acids is 1. The first-order valence-corrected chi connectivity index (χ1v) is 12.6. The van der Waals surface area contributed by atoms with Crippen molar-refractivity contribution in [1.82, 2.24) is 4.72 Å². The van der Waals surface area contributed by atoms with Gasteiger partial charge in [0.15, 0.2) is 0 Å². The van der Waals surface area contributed by atoms with E-state index < -0.39 is 15.6 Å². The third-order valence-corrected chi connectivity index (χ3v) is 7.77. The van der Waals surface area contributed by atoms with Gasteiger partial charge >= 0.3 is 5.97 Å². The summed E-state index contributed by atoms with van der Waals surface area (Å²) in [7, 11) is -2.24. The van der Waals surface area contributed by atoms with E-state index in [1.807, 2.05) is 0 Å². The molecule has 3 rings (SSSR count). The summed E-state index contributed by atoms with van der Waals surface area (Å²) in [6, 6.07) is 14.6. The molecule has 0 atom stereocenters. The molecule has 0 spiro atoms. The summed E-state index contributed by atoms with van der Waals surface area (Å²) in [4.78, 5) is 11.5. The number of benzene rings is 2. The Hall–Kier alpha value is -1.89. The first-order chi connectivity index (χ1) is 14.8. The number of rotatable bonds is 9. The Kier molecular flexibility index (Phi) is 8.14. The summed E-state index contributed by atoms with van der Waals surface area (Å²) in [5.41, 5.74) is 1.79. The average molecular weight is 464 g/mol. The number of sulfonamides is 1. The molecule has 0 saturated heterocycles.